The molecule has 1 unspecified atom stereocenters. The first-order valence-electron chi connectivity index (χ1n) is 7.03. The highest BCUT2D eigenvalue weighted by Crippen LogP contribution is 2.29. The van der Waals surface area contributed by atoms with E-state index >= 15 is 0 Å². The number of anilines is 2. The number of aliphatic hydroxyl groups is 1. The molecule has 1 aromatic heterocycles. The minimum absolute atomic E-state index is 0.0151. The summed E-state index contributed by atoms with van der Waals surface area (Å²) >= 11 is 0. The lowest BCUT2D eigenvalue weighted by atomic mass is 10.1. The van der Waals surface area contributed by atoms with Crippen LogP contribution in [-0.4, -0.2) is 21.1 Å². The number of rotatable bonds is 5. The third-order valence-corrected chi connectivity index (χ3v) is 3.24. The molecule has 0 aliphatic carbocycles. The molecule has 22 heavy (non-hydrogen) atoms. The zero-order valence-corrected chi connectivity index (χ0v) is 12.8. The fourth-order valence-electron chi connectivity index (χ4n) is 2.35. The maximum atomic E-state index is 11.2. The standard InChI is InChI=1S/C16H19N3O3/c1-10-8-11(2)17-16(15(10)19(21)22)18-14-6-4-13(5-7-14)9-12(3)20/h4-8,12,20H,9H2,1-3H3,(H,17,18). The molecule has 0 bridgehead atoms. The number of aryl methyl sites for hydroxylation is 2. The zero-order valence-electron chi connectivity index (χ0n) is 12.8. The van der Waals surface area contributed by atoms with Gasteiger partial charge in [0.15, 0.2) is 0 Å². The molecular weight excluding hydrogens is 282 g/mol. The van der Waals surface area contributed by atoms with Gasteiger partial charge in [-0.25, -0.2) is 4.98 Å². The van der Waals surface area contributed by atoms with Crippen LogP contribution < -0.4 is 5.32 Å². The average Bonchev–Trinajstić information content (AvgIpc) is 2.39. The van der Waals surface area contributed by atoms with Gasteiger partial charge in [-0.15, -0.1) is 0 Å². The van der Waals surface area contributed by atoms with E-state index in [1.165, 1.54) is 0 Å². The van der Waals surface area contributed by atoms with Crippen molar-refractivity contribution in [1.29, 1.82) is 0 Å². The number of aromatic nitrogens is 1. The molecule has 1 heterocycles. The van der Waals surface area contributed by atoms with Gasteiger partial charge in [0.2, 0.25) is 5.82 Å². The van der Waals surface area contributed by atoms with Gasteiger partial charge in [-0.1, -0.05) is 12.1 Å². The lowest BCUT2D eigenvalue weighted by Gasteiger charge is -2.10. The number of nitro groups is 1. The Morgan fingerprint density at radius 2 is 1.95 bits per heavy atom. The first-order chi connectivity index (χ1) is 10.4. The van der Waals surface area contributed by atoms with E-state index in [0.717, 1.165) is 16.9 Å². The molecule has 1 aromatic carbocycles. The second kappa shape index (κ2) is 6.53. The minimum atomic E-state index is -0.425. The van der Waals surface area contributed by atoms with E-state index in [9.17, 15) is 15.2 Å². The van der Waals surface area contributed by atoms with Crippen molar-refractivity contribution in [3.63, 3.8) is 0 Å². The normalized spacial score (nSPS) is 12.0. The van der Waals surface area contributed by atoms with E-state index < -0.39 is 11.0 Å². The van der Waals surface area contributed by atoms with Gasteiger partial charge in [-0.2, -0.15) is 0 Å². The first-order valence-corrected chi connectivity index (χ1v) is 7.03. The van der Waals surface area contributed by atoms with E-state index in [0.29, 0.717) is 12.0 Å². The fourth-order valence-corrected chi connectivity index (χ4v) is 2.35. The van der Waals surface area contributed by atoms with Crippen molar-refractivity contribution in [2.45, 2.75) is 33.3 Å². The quantitative estimate of drug-likeness (QED) is 0.653. The zero-order chi connectivity index (χ0) is 16.3. The summed E-state index contributed by atoms with van der Waals surface area (Å²) in [4.78, 5) is 15.0. The lowest BCUT2D eigenvalue weighted by molar-refractivity contribution is -0.384. The van der Waals surface area contributed by atoms with Crippen molar-refractivity contribution in [1.82, 2.24) is 4.98 Å². The predicted molar refractivity (Wildman–Crippen MR) is 85.5 cm³/mol. The van der Waals surface area contributed by atoms with Crippen LogP contribution in [0.5, 0.6) is 0 Å². The van der Waals surface area contributed by atoms with Crippen LogP contribution in [0.3, 0.4) is 0 Å². The Balaban J connectivity index is 2.29. The molecule has 6 heteroatoms. The second-order valence-electron chi connectivity index (χ2n) is 5.41. The predicted octanol–water partition coefficient (Wildman–Crippen LogP) is 3.27. The Hall–Kier alpha value is -2.47. The molecule has 0 saturated carbocycles. The van der Waals surface area contributed by atoms with Crippen LogP contribution in [0, 0.1) is 24.0 Å². The summed E-state index contributed by atoms with van der Waals surface area (Å²) < 4.78 is 0. The number of pyridine rings is 1. The number of hydrogen-bond donors (Lipinski definition) is 2. The summed E-state index contributed by atoms with van der Waals surface area (Å²) in [5, 5.41) is 23.6. The van der Waals surface area contributed by atoms with Crippen LogP contribution >= 0.6 is 0 Å². The van der Waals surface area contributed by atoms with Crippen molar-refractivity contribution < 1.29 is 10.0 Å². The Bertz CT molecular complexity index is 682. The topological polar surface area (TPSA) is 88.3 Å². The van der Waals surface area contributed by atoms with Crippen LogP contribution in [-0.2, 0) is 6.42 Å². The molecule has 0 radical (unpaired) electrons. The molecule has 0 aliphatic rings. The Labute approximate surface area is 129 Å². The third-order valence-electron chi connectivity index (χ3n) is 3.24. The van der Waals surface area contributed by atoms with Gasteiger partial charge in [0.1, 0.15) is 0 Å². The average molecular weight is 301 g/mol. The van der Waals surface area contributed by atoms with Crippen LogP contribution in [0.15, 0.2) is 30.3 Å². The first kappa shape index (κ1) is 15.9. The lowest BCUT2D eigenvalue weighted by Crippen LogP contribution is -2.05. The molecule has 2 rings (SSSR count). The van der Waals surface area contributed by atoms with Crippen LogP contribution in [0.25, 0.3) is 0 Å². The Kier molecular flexibility index (Phi) is 4.72. The van der Waals surface area contributed by atoms with Gasteiger partial charge in [0.05, 0.1) is 11.0 Å². The highest BCUT2D eigenvalue weighted by molar-refractivity contribution is 5.68. The summed E-state index contributed by atoms with van der Waals surface area (Å²) in [7, 11) is 0. The van der Waals surface area contributed by atoms with Gasteiger partial charge in [-0.05, 0) is 51.0 Å². The van der Waals surface area contributed by atoms with Gasteiger partial charge in [0, 0.05) is 16.9 Å². The van der Waals surface area contributed by atoms with Crippen molar-refractivity contribution in [2.75, 3.05) is 5.32 Å². The van der Waals surface area contributed by atoms with E-state index in [1.807, 2.05) is 24.3 Å². The number of nitrogens with one attached hydrogen (secondary N) is 1. The molecular formula is C16H19N3O3. The van der Waals surface area contributed by atoms with Gasteiger partial charge in [0.25, 0.3) is 0 Å². The monoisotopic (exact) mass is 301 g/mol. The summed E-state index contributed by atoms with van der Waals surface area (Å²) in [5.74, 6) is 0.241. The van der Waals surface area contributed by atoms with Gasteiger partial charge in [-0.3, -0.25) is 10.1 Å². The van der Waals surface area contributed by atoms with E-state index in [1.54, 1.807) is 26.8 Å². The van der Waals surface area contributed by atoms with Gasteiger partial charge < -0.3 is 10.4 Å². The maximum Gasteiger partial charge on any atom is 0.314 e. The minimum Gasteiger partial charge on any atom is -0.393 e. The molecule has 0 amide bonds. The summed E-state index contributed by atoms with van der Waals surface area (Å²) in [5.41, 5.74) is 3.00. The highest BCUT2D eigenvalue weighted by atomic mass is 16.6. The number of benzene rings is 1. The summed E-state index contributed by atoms with van der Waals surface area (Å²) in [6.07, 6.45) is 0.170. The molecule has 0 saturated heterocycles. The Morgan fingerprint density at radius 1 is 1.32 bits per heavy atom. The van der Waals surface area contributed by atoms with Gasteiger partial charge >= 0.3 is 5.69 Å². The smallest absolute Gasteiger partial charge is 0.314 e. The van der Waals surface area contributed by atoms with E-state index in [4.69, 9.17) is 0 Å². The summed E-state index contributed by atoms with van der Waals surface area (Å²) in [6.45, 7) is 5.23. The summed E-state index contributed by atoms with van der Waals surface area (Å²) in [6, 6.07) is 9.09. The fraction of sp³-hybridized carbons (Fsp3) is 0.312. The van der Waals surface area contributed by atoms with Crippen molar-refractivity contribution in [3.8, 4) is 0 Å². The Morgan fingerprint density at radius 3 is 2.50 bits per heavy atom. The number of aliphatic hydroxyl groups excluding tert-OH is 1. The number of hydrogen-bond acceptors (Lipinski definition) is 5. The molecule has 0 spiro atoms. The maximum absolute atomic E-state index is 11.2. The van der Waals surface area contributed by atoms with Crippen molar-refractivity contribution in [2.24, 2.45) is 0 Å². The van der Waals surface area contributed by atoms with Crippen molar-refractivity contribution in [3.05, 3.63) is 57.3 Å². The largest absolute Gasteiger partial charge is 0.393 e. The van der Waals surface area contributed by atoms with Crippen molar-refractivity contribution >= 4 is 17.2 Å². The van der Waals surface area contributed by atoms with E-state index in [-0.39, 0.29) is 11.5 Å². The molecule has 2 aromatic rings. The molecule has 0 fully saturated rings. The van der Waals surface area contributed by atoms with Crippen LogP contribution in [0.2, 0.25) is 0 Å². The van der Waals surface area contributed by atoms with Crippen LogP contribution in [0.1, 0.15) is 23.7 Å². The molecule has 0 aliphatic heterocycles. The SMILES string of the molecule is Cc1cc(C)c([N+](=O)[O-])c(Nc2ccc(CC(C)O)cc2)n1. The number of nitrogens with zero attached hydrogens (tertiary/aromatic N) is 2. The molecule has 2 N–H and O–H groups in total. The molecule has 6 nitrogen and oxygen atoms in total. The highest BCUT2D eigenvalue weighted by Gasteiger charge is 2.19. The second-order valence-corrected chi connectivity index (χ2v) is 5.41. The molecule has 116 valence electrons. The van der Waals surface area contributed by atoms with Crippen LogP contribution in [0.4, 0.5) is 17.2 Å². The third kappa shape index (κ3) is 3.79. The van der Waals surface area contributed by atoms with E-state index in [2.05, 4.69) is 10.3 Å². The molecule has 1 atom stereocenters.